The highest BCUT2D eigenvalue weighted by molar-refractivity contribution is 6.00. The molecule has 0 spiro atoms. The Kier molecular flexibility index (Phi) is 9.22. The zero-order valence-electron chi connectivity index (χ0n) is 26.4. The maximum absolute atomic E-state index is 13.8. The van der Waals surface area contributed by atoms with E-state index in [-0.39, 0.29) is 0 Å². The fourth-order valence-corrected chi connectivity index (χ4v) is 4.33. The minimum atomic E-state index is -0.760. The smallest absolute Gasteiger partial charge is 0.435 e. The molecule has 2 aromatic carbocycles. The fourth-order valence-electron chi connectivity index (χ4n) is 4.33. The first-order valence-electron chi connectivity index (χ1n) is 14.3. The van der Waals surface area contributed by atoms with E-state index in [2.05, 4.69) is 10.1 Å². The van der Waals surface area contributed by atoms with Gasteiger partial charge in [-0.05, 0) is 103 Å². The predicted molar refractivity (Wildman–Crippen MR) is 170 cm³/mol. The summed E-state index contributed by atoms with van der Waals surface area (Å²) in [5, 5.41) is 4.87. The number of amides is 1. The largest absolute Gasteiger partial charge is 0.463 e. The van der Waals surface area contributed by atoms with Crippen molar-refractivity contribution in [3.63, 3.8) is 0 Å². The molecule has 2 heterocycles. The Morgan fingerprint density at radius 3 is 2.34 bits per heavy atom. The molecule has 0 bridgehead atoms. The number of carbonyl (C=O) groups excluding carboxylic acids is 3. The second-order valence-corrected chi connectivity index (χ2v) is 12.2. The van der Waals surface area contributed by atoms with E-state index in [1.165, 1.54) is 15.7 Å². The molecule has 4 aromatic rings. The molecule has 0 aliphatic heterocycles. The van der Waals surface area contributed by atoms with Gasteiger partial charge >= 0.3 is 18.2 Å². The molecule has 10 nitrogen and oxygen atoms in total. The molecule has 0 atom stereocenters. The van der Waals surface area contributed by atoms with Crippen LogP contribution >= 0.6 is 0 Å². The standard InChI is InChI=1S/C34H38N4O6/c1-9-42-30(39)16-13-23-11-10-12-24(17-23)27-19-29(22(2)20-35-27)37(31(40)43-33(3,4)5)26-14-15-28-25(18-26)21-36-38(28)32(41)44-34(6,7)8/h10-21H,9H2,1-8H3. The predicted octanol–water partition coefficient (Wildman–Crippen LogP) is 7.84. The molecule has 44 heavy (non-hydrogen) atoms. The van der Waals surface area contributed by atoms with Crippen molar-refractivity contribution >= 4 is 46.5 Å². The molecule has 10 heteroatoms. The lowest BCUT2D eigenvalue weighted by Crippen LogP contribution is -2.34. The highest BCUT2D eigenvalue weighted by Gasteiger charge is 2.28. The molecular formula is C34H38N4O6. The zero-order valence-corrected chi connectivity index (χ0v) is 26.4. The fraction of sp³-hybridized carbons (Fsp3) is 0.324. The number of fused-ring (bicyclic) bond motifs is 1. The van der Waals surface area contributed by atoms with Crippen molar-refractivity contribution in [2.75, 3.05) is 11.5 Å². The first-order valence-corrected chi connectivity index (χ1v) is 14.3. The normalized spacial score (nSPS) is 11.9. The molecule has 230 valence electrons. The number of rotatable bonds is 6. The first-order chi connectivity index (χ1) is 20.6. The van der Waals surface area contributed by atoms with E-state index in [9.17, 15) is 14.4 Å². The van der Waals surface area contributed by atoms with Gasteiger partial charge in [0.25, 0.3) is 0 Å². The van der Waals surface area contributed by atoms with Gasteiger partial charge in [-0.25, -0.2) is 19.3 Å². The number of aromatic nitrogens is 3. The van der Waals surface area contributed by atoms with E-state index in [4.69, 9.17) is 14.2 Å². The van der Waals surface area contributed by atoms with E-state index in [0.717, 1.165) is 16.7 Å². The van der Waals surface area contributed by atoms with Crippen molar-refractivity contribution in [2.24, 2.45) is 0 Å². The van der Waals surface area contributed by atoms with Crippen LogP contribution in [0, 0.1) is 6.92 Å². The van der Waals surface area contributed by atoms with Crippen LogP contribution in [-0.4, -0.2) is 50.7 Å². The third-order valence-corrected chi connectivity index (χ3v) is 6.15. The van der Waals surface area contributed by atoms with Crippen molar-refractivity contribution in [1.82, 2.24) is 14.8 Å². The summed E-state index contributed by atoms with van der Waals surface area (Å²) in [5.74, 6) is -0.421. The lowest BCUT2D eigenvalue weighted by atomic mass is 10.1. The molecule has 0 N–H and O–H groups in total. The summed E-state index contributed by atoms with van der Waals surface area (Å²) in [7, 11) is 0. The van der Waals surface area contributed by atoms with Crippen LogP contribution < -0.4 is 4.90 Å². The molecule has 0 unspecified atom stereocenters. The van der Waals surface area contributed by atoms with Gasteiger partial charge in [-0.3, -0.25) is 4.98 Å². The van der Waals surface area contributed by atoms with Gasteiger partial charge < -0.3 is 14.2 Å². The Morgan fingerprint density at radius 2 is 1.66 bits per heavy atom. The summed E-state index contributed by atoms with van der Waals surface area (Å²) < 4.78 is 17.5. The van der Waals surface area contributed by atoms with Crippen molar-refractivity contribution < 1.29 is 28.6 Å². The number of pyridine rings is 1. The number of carbonyl (C=O) groups is 3. The van der Waals surface area contributed by atoms with Crippen LogP contribution in [0.4, 0.5) is 21.0 Å². The number of benzene rings is 2. The van der Waals surface area contributed by atoms with Crippen LogP contribution in [0.2, 0.25) is 0 Å². The van der Waals surface area contributed by atoms with Crippen LogP contribution in [0.15, 0.2) is 67.0 Å². The number of hydrogen-bond donors (Lipinski definition) is 0. The molecular weight excluding hydrogens is 560 g/mol. The SMILES string of the molecule is CCOC(=O)C=Cc1cccc(-c2cc(N(C(=O)OC(C)(C)C)c3ccc4c(cnn4C(=O)OC(C)(C)C)c3)c(C)cn2)c1. The van der Waals surface area contributed by atoms with Crippen LogP contribution in [-0.2, 0) is 19.0 Å². The van der Waals surface area contributed by atoms with Gasteiger partial charge in [0.15, 0.2) is 0 Å². The topological polar surface area (TPSA) is 113 Å². The minimum absolute atomic E-state index is 0.298. The highest BCUT2D eigenvalue weighted by atomic mass is 16.6. The average Bonchev–Trinajstić information content (AvgIpc) is 3.35. The van der Waals surface area contributed by atoms with Crippen LogP contribution in [0.5, 0.6) is 0 Å². The number of ether oxygens (including phenoxy) is 3. The summed E-state index contributed by atoms with van der Waals surface area (Å²) >= 11 is 0. The Morgan fingerprint density at radius 1 is 0.932 bits per heavy atom. The van der Waals surface area contributed by atoms with Gasteiger partial charge in [0.1, 0.15) is 11.2 Å². The summed E-state index contributed by atoms with van der Waals surface area (Å²) in [6.45, 7) is 14.7. The summed E-state index contributed by atoms with van der Waals surface area (Å²) in [5.41, 5.74) is 3.10. The van der Waals surface area contributed by atoms with Gasteiger partial charge in [-0.1, -0.05) is 18.2 Å². The number of esters is 1. The van der Waals surface area contributed by atoms with Gasteiger partial charge in [0.05, 0.1) is 35.4 Å². The third-order valence-electron chi connectivity index (χ3n) is 6.15. The number of nitrogens with zero attached hydrogens (tertiary/aromatic N) is 4. The zero-order chi connectivity index (χ0) is 32.2. The van der Waals surface area contributed by atoms with Crippen LogP contribution in [0.25, 0.3) is 28.2 Å². The van der Waals surface area contributed by atoms with Gasteiger partial charge in [0, 0.05) is 23.2 Å². The summed E-state index contributed by atoms with van der Waals surface area (Å²) in [4.78, 5) is 44.4. The molecule has 0 saturated heterocycles. The number of anilines is 2. The molecule has 1 amide bonds. The van der Waals surface area contributed by atoms with Crippen molar-refractivity contribution in [3.05, 3.63) is 78.1 Å². The summed E-state index contributed by atoms with van der Waals surface area (Å²) in [6, 6.07) is 14.6. The Labute approximate surface area is 257 Å². The Bertz CT molecular complexity index is 1730. The van der Waals surface area contributed by atoms with Gasteiger partial charge in [0.2, 0.25) is 0 Å². The van der Waals surface area contributed by atoms with E-state index in [1.807, 2.05) is 37.3 Å². The summed E-state index contributed by atoms with van der Waals surface area (Å²) in [6.07, 6.45) is 5.12. The maximum Gasteiger partial charge on any atom is 0.435 e. The molecule has 0 aliphatic rings. The van der Waals surface area contributed by atoms with Crippen molar-refractivity contribution in [1.29, 1.82) is 0 Å². The van der Waals surface area contributed by atoms with Crippen molar-refractivity contribution in [2.45, 2.75) is 66.6 Å². The van der Waals surface area contributed by atoms with E-state index >= 15 is 0 Å². The Hall–Kier alpha value is -4.99. The van der Waals surface area contributed by atoms with Crippen LogP contribution in [0.1, 0.15) is 59.6 Å². The highest BCUT2D eigenvalue weighted by Crippen LogP contribution is 2.35. The van der Waals surface area contributed by atoms with Crippen molar-refractivity contribution in [3.8, 4) is 11.3 Å². The van der Waals surface area contributed by atoms with E-state index in [1.54, 1.807) is 85.1 Å². The number of hydrogen-bond acceptors (Lipinski definition) is 8. The monoisotopic (exact) mass is 598 g/mol. The lowest BCUT2D eigenvalue weighted by molar-refractivity contribution is -0.137. The second-order valence-electron chi connectivity index (χ2n) is 12.2. The molecule has 0 fully saturated rings. The first kappa shape index (κ1) is 31.9. The van der Waals surface area contributed by atoms with E-state index < -0.39 is 29.4 Å². The van der Waals surface area contributed by atoms with E-state index in [0.29, 0.717) is 34.6 Å². The molecule has 0 saturated carbocycles. The molecule has 0 aliphatic carbocycles. The Balaban J connectivity index is 1.77. The lowest BCUT2D eigenvalue weighted by Gasteiger charge is -2.29. The quantitative estimate of drug-likeness (QED) is 0.125. The third kappa shape index (κ3) is 7.89. The average molecular weight is 599 g/mol. The maximum atomic E-state index is 13.8. The van der Waals surface area contributed by atoms with Gasteiger partial charge in [-0.15, -0.1) is 0 Å². The van der Waals surface area contributed by atoms with Gasteiger partial charge in [-0.2, -0.15) is 9.78 Å². The molecule has 0 radical (unpaired) electrons. The second kappa shape index (κ2) is 12.7. The molecule has 4 rings (SSSR count). The number of aryl methyl sites for hydroxylation is 1. The molecule has 2 aromatic heterocycles. The minimum Gasteiger partial charge on any atom is -0.463 e. The van der Waals surface area contributed by atoms with Crippen LogP contribution in [0.3, 0.4) is 0 Å².